The quantitative estimate of drug-likeness (QED) is 0.358. The normalized spacial score (nSPS) is 13.0. The number of hydrogen-bond donors (Lipinski definition) is 3. The van der Waals surface area contributed by atoms with Gasteiger partial charge in [0, 0.05) is 6.54 Å². The summed E-state index contributed by atoms with van der Waals surface area (Å²) in [4.78, 5) is 24.1. The SMILES string of the molecule is CCn1c(O)c(C(=O)S(=O)O)c(C)c(N=Nc2cc(C)ccc2S(=O)(=O)O)c1=O. The fraction of sp³-hybridized carbons (Fsp3) is 0.250. The number of aryl methyl sites for hydroxylation is 1. The number of azo groups is 1. The number of hydrogen-bond acceptors (Lipinski definition) is 8. The van der Waals surface area contributed by atoms with Gasteiger partial charge >= 0.3 is 0 Å². The second kappa shape index (κ2) is 8.32. The molecule has 0 aliphatic heterocycles. The Balaban J connectivity index is 2.80. The summed E-state index contributed by atoms with van der Waals surface area (Å²) in [6, 6.07) is 3.83. The molecule has 1 unspecified atom stereocenters. The van der Waals surface area contributed by atoms with Crippen molar-refractivity contribution in [3.05, 3.63) is 45.2 Å². The monoisotopic (exact) mass is 443 g/mol. The van der Waals surface area contributed by atoms with Crippen LogP contribution >= 0.6 is 0 Å². The summed E-state index contributed by atoms with van der Waals surface area (Å²) in [5.74, 6) is -0.796. The van der Waals surface area contributed by atoms with E-state index in [0.29, 0.717) is 5.56 Å². The molecule has 0 saturated heterocycles. The molecule has 1 aromatic carbocycles. The van der Waals surface area contributed by atoms with Gasteiger partial charge in [0.15, 0.2) is 5.69 Å². The van der Waals surface area contributed by atoms with Gasteiger partial charge in [-0.15, -0.1) is 10.2 Å². The van der Waals surface area contributed by atoms with Crippen LogP contribution in [0, 0.1) is 13.8 Å². The fourth-order valence-corrected chi connectivity index (χ4v) is 3.60. The molecular weight excluding hydrogens is 426 g/mol. The lowest BCUT2D eigenvalue weighted by molar-refractivity contribution is 0.107. The van der Waals surface area contributed by atoms with Crippen LogP contribution in [0.1, 0.15) is 28.4 Å². The minimum atomic E-state index is -4.63. The second-order valence-corrected chi connectivity index (χ2v) is 8.16. The molecule has 3 N–H and O–H groups in total. The van der Waals surface area contributed by atoms with Gasteiger partial charge in [0.25, 0.3) is 20.8 Å². The van der Waals surface area contributed by atoms with Crippen LogP contribution in [0.2, 0.25) is 0 Å². The van der Waals surface area contributed by atoms with E-state index < -0.39 is 53.9 Å². The number of aromatic nitrogens is 1. The van der Waals surface area contributed by atoms with Crippen LogP contribution in [0.15, 0.2) is 38.1 Å². The van der Waals surface area contributed by atoms with Gasteiger partial charge in [0.1, 0.15) is 10.6 Å². The maximum Gasteiger partial charge on any atom is 0.296 e. The number of pyridine rings is 1. The van der Waals surface area contributed by atoms with E-state index in [-0.39, 0.29) is 17.8 Å². The van der Waals surface area contributed by atoms with Crippen LogP contribution in [-0.4, -0.2) is 36.5 Å². The highest BCUT2D eigenvalue weighted by molar-refractivity contribution is 7.95. The smallest absolute Gasteiger partial charge is 0.296 e. The maximum absolute atomic E-state index is 12.6. The first-order chi connectivity index (χ1) is 13.4. The Bertz CT molecular complexity index is 1220. The van der Waals surface area contributed by atoms with Gasteiger partial charge < -0.3 is 5.11 Å². The van der Waals surface area contributed by atoms with E-state index in [1.54, 1.807) is 6.92 Å². The average molecular weight is 443 g/mol. The Morgan fingerprint density at radius 1 is 1.24 bits per heavy atom. The predicted octanol–water partition coefficient (Wildman–Crippen LogP) is 2.21. The lowest BCUT2D eigenvalue weighted by Crippen LogP contribution is -2.23. The highest BCUT2D eigenvalue weighted by Crippen LogP contribution is 2.30. The molecule has 0 saturated carbocycles. The van der Waals surface area contributed by atoms with Crippen molar-refractivity contribution in [2.75, 3.05) is 0 Å². The van der Waals surface area contributed by atoms with E-state index in [0.717, 1.165) is 10.6 Å². The highest BCUT2D eigenvalue weighted by atomic mass is 32.2. The van der Waals surface area contributed by atoms with Crippen molar-refractivity contribution < 1.29 is 31.6 Å². The summed E-state index contributed by atoms with van der Waals surface area (Å²) >= 11 is -2.96. The highest BCUT2D eigenvalue weighted by Gasteiger charge is 2.26. The first-order valence-corrected chi connectivity index (χ1v) is 10.6. The molecule has 1 atom stereocenters. The summed E-state index contributed by atoms with van der Waals surface area (Å²) in [5, 5.41) is 16.3. The Hall–Kier alpha value is -2.74. The Kier molecular flexibility index (Phi) is 6.47. The molecule has 13 heteroatoms. The molecule has 0 bridgehead atoms. The van der Waals surface area contributed by atoms with E-state index >= 15 is 0 Å². The summed E-state index contributed by atoms with van der Waals surface area (Å²) in [7, 11) is -4.63. The van der Waals surface area contributed by atoms with Crippen molar-refractivity contribution in [3.63, 3.8) is 0 Å². The number of benzene rings is 1. The molecule has 156 valence electrons. The van der Waals surface area contributed by atoms with E-state index in [1.165, 1.54) is 26.0 Å². The van der Waals surface area contributed by atoms with Crippen LogP contribution in [0.25, 0.3) is 0 Å². The lowest BCUT2D eigenvalue weighted by Gasteiger charge is -2.13. The Morgan fingerprint density at radius 3 is 2.38 bits per heavy atom. The molecular formula is C16H17N3O8S2. The van der Waals surface area contributed by atoms with Crippen molar-refractivity contribution in [2.24, 2.45) is 10.2 Å². The topological polar surface area (TPSA) is 176 Å². The largest absolute Gasteiger partial charge is 0.494 e. The standard InChI is InChI=1S/C16H17N3O8S2/c1-4-19-14(20)12(16(22)28(23)24)9(3)13(15(19)21)18-17-10-7-8(2)5-6-11(10)29(25,26)27/h5-7,20H,4H2,1-3H3,(H,23,24)(H,25,26,27). The molecule has 2 aromatic rings. The second-order valence-electron chi connectivity index (χ2n) is 5.90. The number of rotatable bonds is 5. The molecule has 0 aliphatic rings. The number of aromatic hydroxyl groups is 1. The number of carbonyl (C=O) groups excluding carboxylic acids is 1. The third-order valence-electron chi connectivity index (χ3n) is 3.99. The number of nitrogens with zero attached hydrogens (tertiary/aromatic N) is 3. The first-order valence-electron chi connectivity index (χ1n) is 8.01. The average Bonchev–Trinajstić information content (AvgIpc) is 2.60. The van der Waals surface area contributed by atoms with Gasteiger partial charge in [0.2, 0.25) is 17.0 Å². The van der Waals surface area contributed by atoms with Gasteiger partial charge in [-0.25, -0.2) is 4.21 Å². The molecule has 0 fully saturated rings. The molecule has 1 heterocycles. The summed E-state index contributed by atoms with van der Waals surface area (Å²) in [5.41, 5.74) is -1.77. The van der Waals surface area contributed by atoms with Crippen molar-refractivity contribution in [1.29, 1.82) is 0 Å². The van der Waals surface area contributed by atoms with Crippen molar-refractivity contribution in [3.8, 4) is 5.88 Å². The third kappa shape index (κ3) is 4.48. The Morgan fingerprint density at radius 2 is 1.86 bits per heavy atom. The minimum absolute atomic E-state index is 0.0907. The first kappa shape index (κ1) is 22.5. The fourth-order valence-electron chi connectivity index (χ4n) is 2.58. The lowest BCUT2D eigenvalue weighted by atomic mass is 10.1. The molecule has 11 nitrogen and oxygen atoms in total. The zero-order valence-corrected chi connectivity index (χ0v) is 17.1. The van der Waals surface area contributed by atoms with Crippen LogP contribution in [0.3, 0.4) is 0 Å². The van der Waals surface area contributed by atoms with Crippen LogP contribution in [0.5, 0.6) is 5.88 Å². The van der Waals surface area contributed by atoms with Gasteiger partial charge in [0.05, 0.1) is 5.56 Å². The van der Waals surface area contributed by atoms with E-state index in [4.69, 9.17) is 4.55 Å². The maximum atomic E-state index is 12.6. The molecule has 0 aliphatic carbocycles. The zero-order valence-electron chi connectivity index (χ0n) is 15.5. The van der Waals surface area contributed by atoms with Crippen molar-refractivity contribution in [2.45, 2.75) is 32.2 Å². The molecule has 0 spiro atoms. The van der Waals surface area contributed by atoms with Crippen LogP contribution in [0.4, 0.5) is 11.4 Å². The van der Waals surface area contributed by atoms with E-state index in [2.05, 4.69) is 10.2 Å². The van der Waals surface area contributed by atoms with Gasteiger partial charge in [-0.2, -0.15) is 8.42 Å². The molecule has 0 amide bonds. The summed E-state index contributed by atoms with van der Waals surface area (Å²) < 4.78 is 53.4. The van der Waals surface area contributed by atoms with Crippen molar-refractivity contribution >= 4 is 37.7 Å². The predicted molar refractivity (Wildman–Crippen MR) is 103 cm³/mol. The molecule has 29 heavy (non-hydrogen) atoms. The van der Waals surface area contributed by atoms with Gasteiger partial charge in [-0.3, -0.25) is 23.3 Å². The van der Waals surface area contributed by atoms with Gasteiger partial charge in [-0.1, -0.05) is 6.07 Å². The molecule has 0 radical (unpaired) electrons. The zero-order chi connectivity index (χ0) is 22.1. The van der Waals surface area contributed by atoms with E-state index in [9.17, 15) is 31.9 Å². The van der Waals surface area contributed by atoms with Gasteiger partial charge in [-0.05, 0) is 44.0 Å². The van der Waals surface area contributed by atoms with Crippen LogP contribution < -0.4 is 5.56 Å². The van der Waals surface area contributed by atoms with E-state index in [1.807, 2.05) is 0 Å². The van der Waals surface area contributed by atoms with Crippen molar-refractivity contribution in [1.82, 2.24) is 4.57 Å². The minimum Gasteiger partial charge on any atom is -0.494 e. The molecule has 1 aromatic heterocycles. The van der Waals surface area contributed by atoms with Crippen LogP contribution in [-0.2, 0) is 27.7 Å². The number of carbonyl (C=O) groups is 1. The Labute approximate surface area is 167 Å². The summed E-state index contributed by atoms with van der Waals surface area (Å²) in [6.45, 7) is 4.25. The summed E-state index contributed by atoms with van der Waals surface area (Å²) in [6.07, 6.45) is 0. The molecule has 2 rings (SSSR count). The third-order valence-corrected chi connectivity index (χ3v) is 5.41.